The van der Waals surface area contributed by atoms with Gasteiger partial charge in [0.25, 0.3) is 0 Å². The number of benzene rings is 5. The minimum atomic E-state index is -0.536. The number of aromatic amines is 1. The van der Waals surface area contributed by atoms with Crippen LogP contribution in [0.1, 0.15) is 47.2 Å². The molecule has 596 valence electrons. The summed E-state index contributed by atoms with van der Waals surface area (Å²) in [6.45, 7) is 17.9. The maximum atomic E-state index is 13.7. The Morgan fingerprint density at radius 2 is 0.940 bits per heavy atom. The van der Waals surface area contributed by atoms with Crippen LogP contribution in [0, 0.1) is 11.6 Å². The predicted octanol–water partition coefficient (Wildman–Crippen LogP) is 19.9. The van der Waals surface area contributed by atoms with Crippen LogP contribution in [0.4, 0.5) is 38.5 Å². The SMILES string of the molecule is C=C(NCC)c1cc2c(-c3c(Cl)cc(Cl)c4c3CCO4)nc(N)nc2s1.C=C(OCC)c1cc2c(-c3c(Cl)cc(Cl)c4c3CCO4)nc(N)nc2s1.CCn1ccc2nc(N)nc(-c3c(Cl)cc(Cl)c4c3CCO4)c21.COc1cc(-c2nc(N)nc3cc[nH]c23)c(Cl)cc1F.COc1cc(-c2nc(N)nc3ccn(C)c23)c(Cl)cc1F. The molecule has 0 unspecified atom stereocenters. The molecular weight excluding hydrogens is 1700 g/mol. The van der Waals surface area contributed by atoms with Crippen molar-refractivity contribution in [3.8, 4) is 85.0 Å². The van der Waals surface area contributed by atoms with E-state index in [1.54, 1.807) is 30.5 Å². The monoisotopic (exact) mass is 1760 g/mol. The van der Waals surface area contributed by atoms with E-state index >= 15 is 0 Å². The number of hydrogen-bond acceptors (Lipinski definition) is 24. The highest BCUT2D eigenvalue weighted by Crippen LogP contribution is 2.51. The van der Waals surface area contributed by atoms with Crippen molar-refractivity contribution in [1.29, 1.82) is 0 Å². The fraction of sp³-hybridized carbons (Fsp3) is 0.190. The van der Waals surface area contributed by atoms with Crippen LogP contribution in [0.2, 0.25) is 40.2 Å². The van der Waals surface area contributed by atoms with Gasteiger partial charge in [-0.3, -0.25) is 0 Å². The summed E-state index contributed by atoms with van der Waals surface area (Å²) in [7, 11) is 4.64. The van der Waals surface area contributed by atoms with Crippen LogP contribution in [0.25, 0.3) is 121 Å². The lowest BCUT2D eigenvalue weighted by atomic mass is 10.00. The third-order valence-corrected chi connectivity index (χ3v) is 23.1. The van der Waals surface area contributed by atoms with E-state index in [0.29, 0.717) is 136 Å². The van der Waals surface area contributed by atoms with Crippen LogP contribution in [-0.2, 0) is 37.6 Å². The minimum absolute atomic E-state index is 0.0845. The van der Waals surface area contributed by atoms with Crippen molar-refractivity contribution in [2.45, 2.75) is 46.6 Å². The second kappa shape index (κ2) is 34.2. The highest BCUT2D eigenvalue weighted by molar-refractivity contribution is 7.20. The summed E-state index contributed by atoms with van der Waals surface area (Å²) in [5, 5.41) is 8.52. The number of nitrogens with two attached hydrogens (primary N) is 5. The summed E-state index contributed by atoms with van der Waals surface area (Å²) in [5.41, 5.74) is 44.1. The van der Waals surface area contributed by atoms with E-state index in [1.165, 1.54) is 61.2 Å². The molecule has 12 N–H and O–H groups in total. The van der Waals surface area contributed by atoms with Gasteiger partial charge in [0.15, 0.2) is 23.1 Å². The average Bonchev–Trinajstić information content (AvgIpc) is 1.52. The number of fused-ring (bicyclic) bond motifs is 8. The number of anilines is 5. The van der Waals surface area contributed by atoms with E-state index in [-0.39, 0.29) is 51.3 Å². The van der Waals surface area contributed by atoms with E-state index in [4.69, 9.17) is 150 Å². The predicted molar refractivity (Wildman–Crippen MR) is 464 cm³/mol. The fourth-order valence-corrected chi connectivity index (χ4v) is 18.0. The first-order valence-electron chi connectivity index (χ1n) is 35.4. The summed E-state index contributed by atoms with van der Waals surface area (Å²) in [6.07, 6.45) is 7.70. The van der Waals surface area contributed by atoms with Gasteiger partial charge in [-0.25, -0.2) is 58.6 Å². The van der Waals surface area contributed by atoms with E-state index < -0.39 is 11.6 Å². The van der Waals surface area contributed by atoms with Gasteiger partial charge in [0, 0.05) is 119 Å². The van der Waals surface area contributed by atoms with Gasteiger partial charge < -0.3 is 76.5 Å². The van der Waals surface area contributed by atoms with Crippen LogP contribution in [0.5, 0.6) is 28.7 Å². The normalized spacial score (nSPS) is 12.3. The number of rotatable bonds is 14. The maximum absolute atomic E-state index is 13.7. The minimum Gasteiger partial charge on any atom is -0.494 e. The Kier molecular flexibility index (Phi) is 24.2. The Morgan fingerprint density at radius 3 is 1.43 bits per heavy atom. The molecule has 37 heteroatoms. The third kappa shape index (κ3) is 16.1. The molecule has 116 heavy (non-hydrogen) atoms. The second-order valence-corrected chi connectivity index (χ2v) is 31.0. The summed E-state index contributed by atoms with van der Waals surface area (Å²) < 4.78 is 63.7. The zero-order chi connectivity index (χ0) is 82.4. The van der Waals surface area contributed by atoms with Gasteiger partial charge in [-0.2, -0.15) is 0 Å². The molecule has 0 saturated heterocycles. The molecule has 0 saturated carbocycles. The molecule has 0 radical (unpaired) electrons. The largest absolute Gasteiger partial charge is 0.494 e. The Hall–Kier alpha value is -10.7. The second-order valence-electron chi connectivity index (χ2n) is 25.7. The van der Waals surface area contributed by atoms with E-state index in [9.17, 15) is 8.78 Å². The van der Waals surface area contributed by atoms with Gasteiger partial charge in [-0.05, 0) is 93.6 Å². The number of nitrogens with zero attached hydrogens (tertiary/aromatic N) is 12. The van der Waals surface area contributed by atoms with Crippen LogP contribution < -0.4 is 57.7 Å². The lowest BCUT2D eigenvalue weighted by Gasteiger charge is -2.13. The van der Waals surface area contributed by atoms with Gasteiger partial charge in [0.05, 0.1) is 135 Å². The van der Waals surface area contributed by atoms with Crippen LogP contribution in [0.15, 0.2) is 105 Å². The molecule has 13 heterocycles. The van der Waals surface area contributed by atoms with Crippen molar-refractivity contribution < 1.29 is 37.2 Å². The van der Waals surface area contributed by atoms with Gasteiger partial charge in [-0.1, -0.05) is 106 Å². The lowest BCUT2D eigenvalue weighted by molar-refractivity contribution is 0.300. The van der Waals surface area contributed by atoms with Crippen LogP contribution >= 0.6 is 115 Å². The standard InChI is InChI=1S/C18H16Cl2N4OS.C18H15Cl2N3O2S.C16H14Cl2N4O.C14H12ClFN4O.C13H10ClFN4O/c1-3-22-8(2)13-6-10-15(23-18(21)24-17(10)26-13)14-9-4-5-25-16(9)12(20)7-11(14)19;1-3-24-8(2)13-6-10-15(22-18(21)23-17(10)26-13)14-9-4-5-25-16(9)12(20)7-11(14)19;1-2-22-5-3-11-14(22)13(21-16(19)20-11)12-8-4-6-23-15(8)10(18)7-9(12)17;1-20-4-3-10-13(20)12(19-14(17)18-10)7-5-11(21-2)9(16)6-8(7)15;1-20-10-4-6(7(14)5-8(10)15)11-12-9(2-3-17-12)18-13(16)19-11/h6-7,22H,2-5H2,1H3,(H2,21,23,24);6-7H,2-5H2,1H3,(H2,21,22,23);3,5,7H,2,4,6H2,1H3,(H2,19,20,21);3-6H,1-2H3,(H2,17,18,19);2-5,17H,1H3,(H2,16,18,19). The molecular formula is C79H67Cl8F2N19O6S2. The molecule has 18 rings (SSSR count). The molecule has 10 aromatic heterocycles. The summed E-state index contributed by atoms with van der Waals surface area (Å²) in [5.74, 6) is 2.57. The van der Waals surface area contributed by atoms with Crippen molar-refractivity contribution in [2.24, 2.45) is 7.05 Å². The fourth-order valence-electron chi connectivity index (χ4n) is 13.6. The zero-order valence-corrected chi connectivity index (χ0v) is 69.9. The molecule has 0 spiro atoms. The van der Waals surface area contributed by atoms with Crippen molar-refractivity contribution in [3.63, 3.8) is 0 Å². The molecule has 0 atom stereocenters. The van der Waals surface area contributed by atoms with Crippen LogP contribution in [-0.4, -0.2) is 111 Å². The first kappa shape index (κ1) is 81.9. The van der Waals surface area contributed by atoms with Crippen molar-refractivity contribution in [1.82, 2.24) is 69.3 Å². The average molecular weight is 1760 g/mol. The molecule has 15 aromatic rings. The molecule has 0 bridgehead atoms. The Labute approximate surface area is 708 Å². The molecule has 5 aromatic carbocycles. The maximum Gasteiger partial charge on any atom is 0.221 e. The first-order valence-corrected chi connectivity index (χ1v) is 40.0. The van der Waals surface area contributed by atoms with Gasteiger partial charge in [0.1, 0.15) is 49.8 Å². The number of ether oxygens (including phenoxy) is 6. The topological polar surface area (TPSA) is 352 Å². The summed E-state index contributed by atoms with van der Waals surface area (Å²) in [4.78, 5) is 49.6. The molecule has 3 aliphatic heterocycles. The van der Waals surface area contributed by atoms with E-state index in [0.717, 1.165) is 117 Å². The number of methoxy groups -OCH3 is 2. The van der Waals surface area contributed by atoms with Crippen molar-refractivity contribution >= 4 is 210 Å². The Morgan fingerprint density at radius 1 is 0.509 bits per heavy atom. The number of aromatic nitrogens is 13. The Bertz CT molecular complexity index is 6290. The number of hydrogen-bond donors (Lipinski definition) is 7. The first-order chi connectivity index (χ1) is 55.7. The van der Waals surface area contributed by atoms with Gasteiger partial charge >= 0.3 is 0 Å². The summed E-state index contributed by atoms with van der Waals surface area (Å²) >= 11 is 53.6. The molecule has 0 amide bonds. The number of thiophene rings is 2. The number of halogens is 10. The smallest absolute Gasteiger partial charge is 0.221 e. The number of nitrogens with one attached hydrogen (secondary N) is 2. The van der Waals surface area contributed by atoms with Crippen molar-refractivity contribution in [3.05, 3.63) is 183 Å². The highest BCUT2D eigenvalue weighted by Gasteiger charge is 2.31. The Balaban J connectivity index is 0.000000120. The third-order valence-electron chi connectivity index (χ3n) is 18.6. The lowest BCUT2D eigenvalue weighted by Crippen LogP contribution is -2.08. The van der Waals surface area contributed by atoms with Crippen molar-refractivity contribution in [2.75, 3.05) is 75.9 Å². The van der Waals surface area contributed by atoms with Crippen LogP contribution in [0.3, 0.4) is 0 Å². The van der Waals surface area contributed by atoms with E-state index in [1.807, 2.05) is 62.1 Å². The summed E-state index contributed by atoms with van der Waals surface area (Å²) in [6, 6.07) is 19.9. The van der Waals surface area contributed by atoms with Gasteiger partial charge in [-0.15, -0.1) is 22.7 Å². The molecule has 0 aliphatic carbocycles. The van der Waals surface area contributed by atoms with Gasteiger partial charge in [0.2, 0.25) is 29.7 Å². The molecule has 25 nitrogen and oxygen atoms in total. The highest BCUT2D eigenvalue weighted by atomic mass is 35.5. The molecule has 0 fully saturated rings. The molecule has 3 aliphatic rings. The number of nitrogen functional groups attached to an aromatic ring is 5. The number of aryl methyl sites for hydroxylation is 2. The zero-order valence-electron chi connectivity index (χ0n) is 62.2. The number of H-pyrrole nitrogens is 1. The van der Waals surface area contributed by atoms with E-state index in [2.05, 4.69) is 84.8 Å². The quantitative estimate of drug-likeness (QED) is 0.0497.